The summed E-state index contributed by atoms with van der Waals surface area (Å²) in [5.74, 6) is 0.196. The predicted octanol–water partition coefficient (Wildman–Crippen LogP) is 5.41. The molecule has 0 saturated carbocycles. The number of para-hydroxylation sites is 3. The van der Waals surface area contributed by atoms with Crippen LogP contribution >= 0.6 is 11.8 Å². The van der Waals surface area contributed by atoms with Crippen LogP contribution in [0.15, 0.2) is 71.7 Å². The fourth-order valence-electron chi connectivity index (χ4n) is 4.48. The standard InChI is InChI=1S/C27H26N4O3S/c1-4-31-21-11-7-5-9-18(21)19-15-17(13-14-22(19)31)28-27-30(2)26(33)24(35-27)16-25(32)29-20-10-6-8-12-23(20)34-3/h5-15,24H,4,16H2,1-3H3,(H,29,32)/t24-/m0/s1. The Bertz CT molecular complexity index is 1480. The minimum Gasteiger partial charge on any atom is -0.495 e. The number of thioether (sulfide) groups is 1. The Hall–Kier alpha value is -3.78. The quantitative estimate of drug-likeness (QED) is 0.395. The van der Waals surface area contributed by atoms with Crippen LogP contribution in [0.25, 0.3) is 21.8 Å². The molecule has 5 rings (SSSR count). The van der Waals surface area contributed by atoms with Crippen LogP contribution in [0.1, 0.15) is 13.3 Å². The van der Waals surface area contributed by atoms with E-state index in [1.54, 1.807) is 26.3 Å². The topological polar surface area (TPSA) is 75.9 Å². The van der Waals surface area contributed by atoms with Gasteiger partial charge in [0.15, 0.2) is 5.17 Å². The lowest BCUT2D eigenvalue weighted by Crippen LogP contribution is -2.30. The summed E-state index contributed by atoms with van der Waals surface area (Å²) in [6, 6.07) is 21.7. The SMILES string of the molecule is CCn1c2ccccc2c2cc(N=C3S[C@@H](CC(=O)Nc4ccccc4OC)C(=O)N3C)ccc21. The highest BCUT2D eigenvalue weighted by atomic mass is 32.2. The summed E-state index contributed by atoms with van der Waals surface area (Å²) in [6.07, 6.45) is 0.0495. The molecule has 3 aromatic carbocycles. The molecule has 1 fully saturated rings. The lowest BCUT2D eigenvalue weighted by atomic mass is 10.1. The van der Waals surface area contributed by atoms with Gasteiger partial charge in [0.2, 0.25) is 11.8 Å². The van der Waals surface area contributed by atoms with E-state index in [1.165, 1.54) is 27.6 Å². The van der Waals surface area contributed by atoms with Crippen LogP contribution in [0.3, 0.4) is 0 Å². The number of carbonyl (C=O) groups excluding carboxylic acids is 2. The number of anilines is 1. The van der Waals surface area contributed by atoms with E-state index >= 15 is 0 Å². The number of aryl methyl sites for hydroxylation is 1. The highest BCUT2D eigenvalue weighted by molar-refractivity contribution is 8.15. The summed E-state index contributed by atoms with van der Waals surface area (Å²) in [6.45, 7) is 3.02. The Morgan fingerprint density at radius 3 is 2.60 bits per heavy atom. The van der Waals surface area contributed by atoms with Gasteiger partial charge in [0.05, 0.1) is 18.5 Å². The van der Waals surface area contributed by atoms with Crippen LogP contribution in [0.4, 0.5) is 11.4 Å². The van der Waals surface area contributed by atoms with Crippen LogP contribution in [0, 0.1) is 0 Å². The third-order valence-corrected chi connectivity index (χ3v) is 7.42. The lowest BCUT2D eigenvalue weighted by molar-refractivity contribution is -0.127. The molecule has 0 radical (unpaired) electrons. The average Bonchev–Trinajstić information content (AvgIpc) is 3.33. The van der Waals surface area contributed by atoms with Crippen LogP contribution in [-0.4, -0.2) is 45.9 Å². The van der Waals surface area contributed by atoms with Gasteiger partial charge < -0.3 is 14.6 Å². The molecule has 0 spiro atoms. The third-order valence-electron chi connectivity index (χ3n) is 6.19. The monoisotopic (exact) mass is 486 g/mol. The van der Waals surface area contributed by atoms with Gasteiger partial charge in [-0.1, -0.05) is 42.1 Å². The van der Waals surface area contributed by atoms with Crippen molar-refractivity contribution in [3.8, 4) is 5.75 Å². The number of hydrogen-bond donors (Lipinski definition) is 1. The van der Waals surface area contributed by atoms with Crippen molar-refractivity contribution in [3.05, 3.63) is 66.7 Å². The summed E-state index contributed by atoms with van der Waals surface area (Å²) in [5, 5.41) is 5.22. The molecule has 178 valence electrons. The first-order chi connectivity index (χ1) is 17.0. The number of rotatable bonds is 6. The van der Waals surface area contributed by atoms with Crippen molar-refractivity contribution >= 4 is 61.9 Å². The molecule has 2 amide bonds. The summed E-state index contributed by atoms with van der Waals surface area (Å²) >= 11 is 1.32. The van der Waals surface area contributed by atoms with E-state index in [0.717, 1.165) is 23.1 Å². The number of amidine groups is 1. The van der Waals surface area contributed by atoms with Crippen LogP contribution in [0.5, 0.6) is 5.75 Å². The molecule has 1 N–H and O–H groups in total. The summed E-state index contributed by atoms with van der Waals surface area (Å²) in [4.78, 5) is 31.8. The van der Waals surface area contributed by atoms with Crippen LogP contribution in [-0.2, 0) is 16.1 Å². The Morgan fingerprint density at radius 2 is 1.80 bits per heavy atom. The van der Waals surface area contributed by atoms with Gasteiger partial charge in [0.1, 0.15) is 11.0 Å². The zero-order valence-corrected chi connectivity index (χ0v) is 20.6. The summed E-state index contributed by atoms with van der Waals surface area (Å²) < 4.78 is 7.58. The van der Waals surface area contributed by atoms with Gasteiger partial charge in [-0.05, 0) is 43.3 Å². The average molecular weight is 487 g/mol. The number of aliphatic imine (C=N–C) groups is 1. The normalized spacial score (nSPS) is 17.0. The molecule has 2 heterocycles. The fraction of sp³-hybridized carbons (Fsp3) is 0.222. The fourth-order valence-corrected chi connectivity index (χ4v) is 5.63. The molecule has 7 nitrogen and oxygen atoms in total. The Balaban J connectivity index is 1.37. The molecule has 1 aliphatic rings. The van der Waals surface area contributed by atoms with Crippen molar-refractivity contribution in [1.82, 2.24) is 9.47 Å². The van der Waals surface area contributed by atoms with Gasteiger partial charge in [-0.2, -0.15) is 0 Å². The number of hydrogen-bond acceptors (Lipinski definition) is 5. The molecule has 0 aliphatic carbocycles. The maximum atomic E-state index is 12.9. The van der Waals surface area contributed by atoms with E-state index in [0.29, 0.717) is 16.6 Å². The number of aromatic nitrogens is 1. The van der Waals surface area contributed by atoms with Gasteiger partial charge in [-0.15, -0.1) is 0 Å². The Labute approximate surface area is 207 Å². The minimum atomic E-state index is -0.529. The minimum absolute atomic E-state index is 0.0495. The Morgan fingerprint density at radius 1 is 1.06 bits per heavy atom. The van der Waals surface area contributed by atoms with Crippen molar-refractivity contribution in [2.24, 2.45) is 4.99 Å². The van der Waals surface area contributed by atoms with Crippen molar-refractivity contribution < 1.29 is 14.3 Å². The van der Waals surface area contributed by atoms with Gasteiger partial charge in [-0.3, -0.25) is 14.5 Å². The molecule has 1 aliphatic heterocycles. The van der Waals surface area contributed by atoms with E-state index in [2.05, 4.69) is 47.1 Å². The van der Waals surface area contributed by atoms with Crippen LogP contribution < -0.4 is 10.1 Å². The van der Waals surface area contributed by atoms with Crippen molar-refractivity contribution in [3.63, 3.8) is 0 Å². The van der Waals surface area contributed by atoms with Crippen molar-refractivity contribution in [2.45, 2.75) is 25.1 Å². The third kappa shape index (κ3) is 4.25. The van der Waals surface area contributed by atoms with E-state index in [9.17, 15) is 9.59 Å². The lowest BCUT2D eigenvalue weighted by Gasteiger charge is -2.11. The molecule has 1 aromatic heterocycles. The number of methoxy groups -OCH3 is 1. The first-order valence-electron chi connectivity index (χ1n) is 11.5. The van der Waals surface area contributed by atoms with Gasteiger partial charge >= 0.3 is 0 Å². The number of fused-ring (bicyclic) bond motifs is 3. The maximum absolute atomic E-state index is 12.9. The maximum Gasteiger partial charge on any atom is 0.242 e. The number of nitrogens with one attached hydrogen (secondary N) is 1. The van der Waals surface area contributed by atoms with Gasteiger partial charge in [0.25, 0.3) is 0 Å². The molecular formula is C27H26N4O3S. The molecule has 1 atom stereocenters. The highest BCUT2D eigenvalue weighted by Gasteiger charge is 2.37. The van der Waals surface area contributed by atoms with Crippen LogP contribution in [0.2, 0.25) is 0 Å². The van der Waals surface area contributed by atoms with E-state index in [4.69, 9.17) is 9.73 Å². The van der Waals surface area contributed by atoms with Crippen molar-refractivity contribution in [1.29, 1.82) is 0 Å². The molecule has 0 bridgehead atoms. The van der Waals surface area contributed by atoms with Gasteiger partial charge in [0, 0.05) is 41.8 Å². The summed E-state index contributed by atoms with van der Waals surface area (Å²) in [5.41, 5.74) is 3.71. The number of nitrogens with zero attached hydrogens (tertiary/aromatic N) is 3. The number of ether oxygens (including phenoxy) is 1. The zero-order chi connectivity index (χ0) is 24.5. The van der Waals surface area contributed by atoms with Gasteiger partial charge in [-0.25, -0.2) is 4.99 Å². The molecule has 35 heavy (non-hydrogen) atoms. The molecule has 1 saturated heterocycles. The summed E-state index contributed by atoms with van der Waals surface area (Å²) in [7, 11) is 3.25. The molecule has 8 heteroatoms. The number of benzene rings is 3. The smallest absolute Gasteiger partial charge is 0.242 e. The number of amides is 2. The number of carbonyl (C=O) groups is 2. The molecule has 0 unspecified atom stereocenters. The van der Waals surface area contributed by atoms with E-state index in [-0.39, 0.29) is 18.2 Å². The first-order valence-corrected chi connectivity index (χ1v) is 12.3. The largest absolute Gasteiger partial charge is 0.495 e. The Kier molecular flexibility index (Phi) is 6.21. The second-order valence-corrected chi connectivity index (χ2v) is 9.48. The molecule has 4 aromatic rings. The second kappa shape index (κ2) is 9.46. The van der Waals surface area contributed by atoms with E-state index < -0.39 is 5.25 Å². The first kappa shape index (κ1) is 23.0. The van der Waals surface area contributed by atoms with Crippen molar-refractivity contribution in [2.75, 3.05) is 19.5 Å². The highest BCUT2D eigenvalue weighted by Crippen LogP contribution is 2.35. The predicted molar refractivity (Wildman–Crippen MR) is 143 cm³/mol. The van der Waals surface area contributed by atoms with E-state index in [1.807, 2.05) is 24.3 Å². The zero-order valence-electron chi connectivity index (χ0n) is 19.8. The second-order valence-electron chi connectivity index (χ2n) is 8.31. The molecular weight excluding hydrogens is 460 g/mol.